The molecule has 0 saturated heterocycles. The fourth-order valence-electron chi connectivity index (χ4n) is 0.512. The molecule has 1 aromatic carbocycles. The van der Waals surface area contributed by atoms with E-state index in [1.165, 1.54) is 18.2 Å². The quantitative estimate of drug-likeness (QED) is 0.667. The largest absolute Gasteiger partial charge is 0.399 e. The van der Waals surface area contributed by atoms with Gasteiger partial charge in [-0.2, -0.15) is 0 Å². The van der Waals surface area contributed by atoms with Gasteiger partial charge in [0.1, 0.15) is 5.82 Å². The van der Waals surface area contributed by atoms with Gasteiger partial charge in [-0.3, -0.25) is 0 Å². The Balaban J connectivity index is 0.000000461. The van der Waals surface area contributed by atoms with Crippen molar-refractivity contribution in [2.75, 3.05) is 5.73 Å². The molecule has 1 nitrogen and oxygen atoms in total. The topological polar surface area (TPSA) is 26.0 Å². The summed E-state index contributed by atoms with van der Waals surface area (Å²) in [6.07, 6.45) is 0. The molecular weight excluding hydrogens is 209 g/mol. The molecule has 0 aromatic heterocycles. The molecule has 1 aromatic rings. The van der Waals surface area contributed by atoms with Crippen LogP contribution in [0, 0.1) is 5.82 Å². The maximum absolute atomic E-state index is 12.4. The van der Waals surface area contributed by atoms with E-state index in [9.17, 15) is 4.39 Å². The monoisotopic (exact) mass is 219 g/mol. The van der Waals surface area contributed by atoms with Crippen LogP contribution in [-0.2, 0) is 0 Å². The van der Waals surface area contributed by atoms with Gasteiger partial charge in [-0.1, -0.05) is 13.8 Å². The zero-order valence-electron chi connectivity index (χ0n) is 6.57. The van der Waals surface area contributed by atoms with Gasteiger partial charge in [0.2, 0.25) is 0 Å². The highest BCUT2D eigenvalue weighted by molar-refractivity contribution is 9.10. The number of nitrogen functional groups attached to an aromatic ring is 1. The van der Waals surface area contributed by atoms with Crippen molar-refractivity contribution in [1.82, 2.24) is 0 Å². The minimum Gasteiger partial charge on any atom is -0.399 e. The third kappa shape index (κ3) is 3.37. The number of halogens is 2. The van der Waals surface area contributed by atoms with Crippen LogP contribution in [0.1, 0.15) is 13.8 Å². The van der Waals surface area contributed by atoms with Crippen LogP contribution in [0.4, 0.5) is 10.1 Å². The summed E-state index contributed by atoms with van der Waals surface area (Å²) in [6.45, 7) is 4.00. The number of benzene rings is 1. The fraction of sp³-hybridized carbons (Fsp3) is 0.250. The average molecular weight is 220 g/mol. The highest BCUT2D eigenvalue weighted by Gasteiger charge is 1.95. The Kier molecular flexibility index (Phi) is 4.86. The SMILES string of the molecule is CC.Nc1ccc(F)c(Br)c1. The summed E-state index contributed by atoms with van der Waals surface area (Å²) in [4.78, 5) is 0. The Morgan fingerprint density at radius 2 is 1.91 bits per heavy atom. The van der Waals surface area contributed by atoms with Crippen LogP contribution in [0.5, 0.6) is 0 Å². The van der Waals surface area contributed by atoms with E-state index in [1.54, 1.807) is 0 Å². The summed E-state index contributed by atoms with van der Waals surface area (Å²) in [5.41, 5.74) is 5.89. The molecule has 0 atom stereocenters. The Labute approximate surface area is 74.5 Å². The average Bonchev–Trinajstić information content (AvgIpc) is 2.02. The molecule has 3 heteroatoms. The molecular formula is C8H11BrFN. The van der Waals surface area contributed by atoms with Crippen LogP contribution >= 0.6 is 15.9 Å². The smallest absolute Gasteiger partial charge is 0.137 e. The van der Waals surface area contributed by atoms with Gasteiger partial charge in [0.15, 0.2) is 0 Å². The van der Waals surface area contributed by atoms with Crippen molar-refractivity contribution in [1.29, 1.82) is 0 Å². The maximum Gasteiger partial charge on any atom is 0.137 e. The van der Waals surface area contributed by atoms with E-state index in [0.29, 0.717) is 10.2 Å². The van der Waals surface area contributed by atoms with Crippen molar-refractivity contribution in [2.24, 2.45) is 0 Å². The van der Waals surface area contributed by atoms with E-state index in [1.807, 2.05) is 13.8 Å². The normalized spacial score (nSPS) is 8.36. The first-order chi connectivity index (χ1) is 5.20. The van der Waals surface area contributed by atoms with Gasteiger partial charge < -0.3 is 5.73 Å². The fourth-order valence-corrected chi connectivity index (χ4v) is 0.909. The third-order valence-electron chi connectivity index (χ3n) is 0.944. The molecule has 62 valence electrons. The lowest BCUT2D eigenvalue weighted by Gasteiger charge is -1.93. The molecule has 1 rings (SSSR count). The van der Waals surface area contributed by atoms with Crippen LogP contribution in [0.3, 0.4) is 0 Å². The van der Waals surface area contributed by atoms with Gasteiger partial charge in [-0.05, 0) is 34.1 Å². The van der Waals surface area contributed by atoms with Crippen LogP contribution in [-0.4, -0.2) is 0 Å². The van der Waals surface area contributed by atoms with Gasteiger partial charge in [0.25, 0.3) is 0 Å². The molecule has 0 spiro atoms. The molecule has 0 aliphatic carbocycles. The van der Waals surface area contributed by atoms with Crippen molar-refractivity contribution in [3.05, 3.63) is 28.5 Å². The minimum absolute atomic E-state index is 0.288. The van der Waals surface area contributed by atoms with Crippen molar-refractivity contribution < 1.29 is 4.39 Å². The van der Waals surface area contributed by atoms with Crippen molar-refractivity contribution in [3.8, 4) is 0 Å². The summed E-state index contributed by atoms with van der Waals surface area (Å²) in [5, 5.41) is 0. The van der Waals surface area contributed by atoms with Crippen LogP contribution in [0.15, 0.2) is 22.7 Å². The van der Waals surface area contributed by atoms with E-state index >= 15 is 0 Å². The zero-order chi connectivity index (χ0) is 8.85. The zero-order valence-corrected chi connectivity index (χ0v) is 8.15. The molecule has 0 radical (unpaired) electrons. The van der Waals surface area contributed by atoms with Gasteiger partial charge in [-0.15, -0.1) is 0 Å². The van der Waals surface area contributed by atoms with E-state index in [2.05, 4.69) is 15.9 Å². The second-order valence-corrected chi connectivity index (χ2v) is 2.53. The van der Waals surface area contributed by atoms with E-state index in [-0.39, 0.29) is 5.82 Å². The summed E-state index contributed by atoms with van der Waals surface area (Å²) in [5.74, 6) is -0.288. The summed E-state index contributed by atoms with van der Waals surface area (Å²) < 4.78 is 12.8. The third-order valence-corrected chi connectivity index (χ3v) is 1.55. The van der Waals surface area contributed by atoms with Gasteiger partial charge >= 0.3 is 0 Å². The molecule has 0 fully saturated rings. The van der Waals surface area contributed by atoms with E-state index in [4.69, 9.17) is 5.73 Å². The molecule has 0 aliphatic heterocycles. The number of hydrogen-bond donors (Lipinski definition) is 1. The number of anilines is 1. The van der Waals surface area contributed by atoms with E-state index < -0.39 is 0 Å². The Morgan fingerprint density at radius 3 is 2.27 bits per heavy atom. The molecule has 0 aliphatic rings. The lowest BCUT2D eigenvalue weighted by atomic mass is 10.3. The van der Waals surface area contributed by atoms with Crippen LogP contribution < -0.4 is 5.73 Å². The first kappa shape index (κ1) is 10.4. The molecule has 0 unspecified atom stereocenters. The second-order valence-electron chi connectivity index (χ2n) is 1.67. The van der Waals surface area contributed by atoms with Crippen molar-refractivity contribution in [2.45, 2.75) is 13.8 Å². The standard InChI is InChI=1S/C6H5BrFN.C2H6/c7-5-3-4(9)1-2-6(5)8;1-2/h1-3H,9H2;1-2H3. The number of hydrogen-bond acceptors (Lipinski definition) is 1. The van der Waals surface area contributed by atoms with Gasteiger partial charge in [0.05, 0.1) is 4.47 Å². The van der Waals surface area contributed by atoms with Crippen molar-refractivity contribution >= 4 is 21.6 Å². The Bertz CT molecular complexity index is 225. The summed E-state index contributed by atoms with van der Waals surface area (Å²) in [7, 11) is 0. The highest BCUT2D eigenvalue weighted by atomic mass is 79.9. The highest BCUT2D eigenvalue weighted by Crippen LogP contribution is 2.17. The first-order valence-electron chi connectivity index (χ1n) is 3.40. The predicted octanol–water partition coefficient (Wildman–Crippen LogP) is 3.20. The Hall–Kier alpha value is -0.570. The lowest BCUT2D eigenvalue weighted by molar-refractivity contribution is 0.621. The molecule has 0 saturated carbocycles. The van der Waals surface area contributed by atoms with E-state index in [0.717, 1.165) is 0 Å². The lowest BCUT2D eigenvalue weighted by Crippen LogP contribution is -1.84. The molecule has 0 amide bonds. The Morgan fingerprint density at radius 1 is 1.36 bits per heavy atom. The molecule has 2 N–H and O–H groups in total. The van der Waals surface area contributed by atoms with Gasteiger partial charge in [-0.25, -0.2) is 4.39 Å². The first-order valence-corrected chi connectivity index (χ1v) is 4.20. The predicted molar refractivity (Wildman–Crippen MR) is 49.9 cm³/mol. The van der Waals surface area contributed by atoms with Crippen LogP contribution in [0.25, 0.3) is 0 Å². The van der Waals surface area contributed by atoms with Crippen molar-refractivity contribution in [3.63, 3.8) is 0 Å². The minimum atomic E-state index is -0.288. The summed E-state index contributed by atoms with van der Waals surface area (Å²) >= 11 is 2.99. The molecule has 11 heavy (non-hydrogen) atoms. The van der Waals surface area contributed by atoms with Crippen LogP contribution in [0.2, 0.25) is 0 Å². The maximum atomic E-state index is 12.4. The molecule has 0 heterocycles. The van der Waals surface area contributed by atoms with Gasteiger partial charge in [0, 0.05) is 5.69 Å². The molecule has 0 bridgehead atoms. The number of nitrogens with two attached hydrogens (primary N) is 1. The number of rotatable bonds is 0. The summed E-state index contributed by atoms with van der Waals surface area (Å²) in [6, 6.07) is 4.36. The second kappa shape index (κ2) is 5.13.